The molecular formula is C12H20N2O. The molecule has 1 aromatic heterocycles. The van der Waals surface area contributed by atoms with Crippen LogP contribution >= 0.6 is 0 Å². The molecule has 2 N–H and O–H groups in total. The summed E-state index contributed by atoms with van der Waals surface area (Å²) in [4.78, 5) is 14.3. The summed E-state index contributed by atoms with van der Waals surface area (Å²) in [5.74, 6) is 0.564. The molecule has 15 heavy (non-hydrogen) atoms. The van der Waals surface area contributed by atoms with Crippen LogP contribution in [0, 0.1) is 5.92 Å². The molecule has 3 heteroatoms. The van der Waals surface area contributed by atoms with Crippen LogP contribution in [0.2, 0.25) is 0 Å². The lowest BCUT2D eigenvalue weighted by Gasteiger charge is -1.95. The maximum absolute atomic E-state index is 10.4. The maximum atomic E-state index is 10.4. The van der Waals surface area contributed by atoms with Gasteiger partial charge >= 0.3 is 0 Å². The molecule has 1 heterocycles. The SMILES string of the molecule is CC(C)C.NC(=O)CCc1cccnc1. The van der Waals surface area contributed by atoms with Gasteiger partial charge in [-0.2, -0.15) is 0 Å². The number of carbonyl (C=O) groups excluding carboxylic acids is 1. The largest absolute Gasteiger partial charge is 0.370 e. The summed E-state index contributed by atoms with van der Waals surface area (Å²) in [5, 5.41) is 0. The highest BCUT2D eigenvalue weighted by atomic mass is 16.1. The molecule has 0 aliphatic carbocycles. The molecule has 1 rings (SSSR count). The number of aryl methyl sites for hydroxylation is 1. The number of nitrogens with zero attached hydrogens (tertiary/aromatic N) is 1. The van der Waals surface area contributed by atoms with Crippen LogP contribution in [0.5, 0.6) is 0 Å². The number of nitrogens with two attached hydrogens (primary N) is 1. The molecule has 0 unspecified atom stereocenters. The second kappa shape index (κ2) is 7.97. The van der Waals surface area contributed by atoms with Gasteiger partial charge in [0.2, 0.25) is 5.91 Å². The smallest absolute Gasteiger partial charge is 0.217 e. The van der Waals surface area contributed by atoms with Gasteiger partial charge in [0.15, 0.2) is 0 Å². The highest BCUT2D eigenvalue weighted by molar-refractivity contribution is 5.73. The zero-order chi connectivity index (χ0) is 11.7. The van der Waals surface area contributed by atoms with Gasteiger partial charge in [-0.15, -0.1) is 0 Å². The van der Waals surface area contributed by atoms with Crippen molar-refractivity contribution in [2.75, 3.05) is 0 Å². The summed E-state index contributed by atoms with van der Waals surface area (Å²) >= 11 is 0. The monoisotopic (exact) mass is 208 g/mol. The summed E-state index contributed by atoms with van der Waals surface area (Å²) in [7, 11) is 0. The van der Waals surface area contributed by atoms with Crippen LogP contribution < -0.4 is 5.73 Å². The number of aromatic nitrogens is 1. The molecule has 0 saturated heterocycles. The van der Waals surface area contributed by atoms with Crippen molar-refractivity contribution in [3.05, 3.63) is 30.1 Å². The Morgan fingerprint density at radius 3 is 2.47 bits per heavy atom. The zero-order valence-electron chi connectivity index (χ0n) is 9.73. The van der Waals surface area contributed by atoms with Gasteiger partial charge in [-0.05, 0) is 24.0 Å². The van der Waals surface area contributed by atoms with Crippen molar-refractivity contribution in [1.29, 1.82) is 0 Å². The first-order chi connectivity index (χ1) is 7.02. The number of primary amides is 1. The van der Waals surface area contributed by atoms with E-state index in [1.807, 2.05) is 12.1 Å². The highest BCUT2D eigenvalue weighted by Gasteiger charge is 1.95. The van der Waals surface area contributed by atoms with Crippen molar-refractivity contribution >= 4 is 5.91 Å². The minimum atomic E-state index is -0.270. The van der Waals surface area contributed by atoms with E-state index in [9.17, 15) is 4.79 Å². The van der Waals surface area contributed by atoms with E-state index in [1.165, 1.54) is 0 Å². The lowest BCUT2D eigenvalue weighted by Crippen LogP contribution is -2.11. The predicted molar refractivity (Wildman–Crippen MR) is 62.3 cm³/mol. The van der Waals surface area contributed by atoms with Gasteiger partial charge in [0, 0.05) is 18.8 Å². The van der Waals surface area contributed by atoms with E-state index in [0.29, 0.717) is 12.8 Å². The highest BCUT2D eigenvalue weighted by Crippen LogP contribution is 1.98. The molecule has 0 radical (unpaired) electrons. The van der Waals surface area contributed by atoms with Gasteiger partial charge in [-0.1, -0.05) is 26.8 Å². The minimum absolute atomic E-state index is 0.270. The second-order valence-electron chi connectivity index (χ2n) is 4.06. The second-order valence-corrected chi connectivity index (χ2v) is 4.06. The Hall–Kier alpha value is -1.38. The standard InChI is InChI=1S/C8H10N2O.C4H10/c9-8(11)4-3-7-2-1-5-10-6-7;1-4(2)3/h1-2,5-6H,3-4H2,(H2,9,11);4H,1-3H3. The molecule has 3 nitrogen and oxygen atoms in total. The van der Waals surface area contributed by atoms with Crippen LogP contribution in [-0.2, 0) is 11.2 Å². The van der Waals surface area contributed by atoms with E-state index in [1.54, 1.807) is 12.4 Å². The lowest BCUT2D eigenvalue weighted by atomic mass is 10.1. The van der Waals surface area contributed by atoms with Crippen molar-refractivity contribution in [3.63, 3.8) is 0 Å². The first-order valence-electron chi connectivity index (χ1n) is 5.19. The van der Waals surface area contributed by atoms with E-state index >= 15 is 0 Å². The van der Waals surface area contributed by atoms with E-state index < -0.39 is 0 Å². The Kier molecular flexibility index (Phi) is 7.24. The van der Waals surface area contributed by atoms with Crippen molar-refractivity contribution in [3.8, 4) is 0 Å². The fourth-order valence-electron chi connectivity index (χ4n) is 0.814. The van der Waals surface area contributed by atoms with E-state index in [-0.39, 0.29) is 5.91 Å². The number of hydrogen-bond acceptors (Lipinski definition) is 2. The van der Waals surface area contributed by atoms with Gasteiger partial charge in [0.05, 0.1) is 0 Å². The van der Waals surface area contributed by atoms with Crippen molar-refractivity contribution < 1.29 is 4.79 Å². The molecule has 0 aliphatic rings. The molecule has 0 bridgehead atoms. The van der Waals surface area contributed by atoms with E-state index in [2.05, 4.69) is 25.8 Å². The molecule has 0 atom stereocenters. The Morgan fingerprint density at radius 2 is 2.07 bits per heavy atom. The first kappa shape index (κ1) is 13.6. The quantitative estimate of drug-likeness (QED) is 0.827. The third-order valence-corrected chi connectivity index (χ3v) is 1.38. The van der Waals surface area contributed by atoms with Gasteiger partial charge in [0.25, 0.3) is 0 Å². The third kappa shape index (κ3) is 10.5. The Bertz CT molecular complexity index is 267. The van der Waals surface area contributed by atoms with Gasteiger partial charge in [0.1, 0.15) is 0 Å². The van der Waals surface area contributed by atoms with Crippen molar-refractivity contribution in [1.82, 2.24) is 4.98 Å². The fourth-order valence-corrected chi connectivity index (χ4v) is 0.814. The fraction of sp³-hybridized carbons (Fsp3) is 0.500. The van der Waals surface area contributed by atoms with Crippen LogP contribution in [0.4, 0.5) is 0 Å². The number of carbonyl (C=O) groups is 1. The van der Waals surface area contributed by atoms with Gasteiger partial charge in [-0.3, -0.25) is 9.78 Å². The number of pyridine rings is 1. The van der Waals surface area contributed by atoms with Gasteiger partial charge < -0.3 is 5.73 Å². The number of rotatable bonds is 3. The predicted octanol–water partition coefficient (Wildman–Crippen LogP) is 2.16. The number of amides is 1. The van der Waals surface area contributed by atoms with Crippen LogP contribution in [0.15, 0.2) is 24.5 Å². The normalized spacial score (nSPS) is 9.33. The summed E-state index contributed by atoms with van der Waals surface area (Å²) in [5.41, 5.74) is 6.03. The molecule has 0 fully saturated rings. The third-order valence-electron chi connectivity index (χ3n) is 1.38. The topological polar surface area (TPSA) is 56.0 Å². The van der Waals surface area contributed by atoms with Crippen LogP contribution in [-0.4, -0.2) is 10.9 Å². The Morgan fingerprint density at radius 1 is 1.47 bits per heavy atom. The Balaban J connectivity index is 0.000000423. The molecule has 0 aliphatic heterocycles. The summed E-state index contributed by atoms with van der Waals surface area (Å²) < 4.78 is 0. The molecular weight excluding hydrogens is 188 g/mol. The lowest BCUT2D eigenvalue weighted by molar-refractivity contribution is -0.117. The Labute approximate surface area is 91.7 Å². The molecule has 1 aromatic rings. The summed E-state index contributed by atoms with van der Waals surface area (Å²) in [6.07, 6.45) is 4.52. The maximum Gasteiger partial charge on any atom is 0.217 e. The zero-order valence-corrected chi connectivity index (χ0v) is 9.73. The average Bonchev–Trinajstić information content (AvgIpc) is 2.15. The van der Waals surface area contributed by atoms with Crippen molar-refractivity contribution in [2.24, 2.45) is 11.7 Å². The summed E-state index contributed by atoms with van der Waals surface area (Å²) in [6.45, 7) is 6.50. The van der Waals surface area contributed by atoms with Crippen LogP contribution in [0.25, 0.3) is 0 Å². The van der Waals surface area contributed by atoms with E-state index in [0.717, 1.165) is 11.5 Å². The van der Waals surface area contributed by atoms with E-state index in [4.69, 9.17) is 5.73 Å². The molecule has 1 amide bonds. The average molecular weight is 208 g/mol. The number of hydrogen-bond donors (Lipinski definition) is 1. The van der Waals surface area contributed by atoms with Crippen LogP contribution in [0.1, 0.15) is 32.8 Å². The van der Waals surface area contributed by atoms with Crippen LogP contribution in [0.3, 0.4) is 0 Å². The molecule has 0 saturated carbocycles. The molecule has 0 spiro atoms. The minimum Gasteiger partial charge on any atom is -0.370 e. The molecule has 0 aromatic carbocycles. The first-order valence-corrected chi connectivity index (χ1v) is 5.19. The van der Waals surface area contributed by atoms with Crippen molar-refractivity contribution in [2.45, 2.75) is 33.6 Å². The molecule has 84 valence electrons. The summed E-state index contributed by atoms with van der Waals surface area (Å²) in [6, 6.07) is 3.77. The van der Waals surface area contributed by atoms with Gasteiger partial charge in [-0.25, -0.2) is 0 Å².